The van der Waals surface area contributed by atoms with Gasteiger partial charge in [-0.25, -0.2) is 0 Å². The molecule has 6 heteroatoms. The molecule has 3 fully saturated rings. The van der Waals surface area contributed by atoms with Gasteiger partial charge in [-0.05, 0) is 12.0 Å². The monoisotopic (exact) mass is 371 g/mol. The molecular weight excluding hydrogens is 342 g/mol. The summed E-state index contributed by atoms with van der Waals surface area (Å²) < 4.78 is 0. The lowest BCUT2D eigenvalue weighted by Gasteiger charge is -2.61. The third-order valence-corrected chi connectivity index (χ3v) is 6.24. The molecular formula is C21H29N3O3. The average Bonchev–Trinajstić information content (AvgIpc) is 2.99. The Morgan fingerprint density at radius 2 is 1.78 bits per heavy atom. The molecule has 0 aromatic heterocycles. The van der Waals surface area contributed by atoms with E-state index in [0.29, 0.717) is 45.6 Å². The Morgan fingerprint density at radius 1 is 1.11 bits per heavy atom. The van der Waals surface area contributed by atoms with Crippen molar-refractivity contribution in [2.45, 2.75) is 44.4 Å². The van der Waals surface area contributed by atoms with Crippen LogP contribution in [0.5, 0.6) is 0 Å². The Bertz CT molecular complexity index is 715. The van der Waals surface area contributed by atoms with E-state index in [0.717, 1.165) is 5.56 Å². The van der Waals surface area contributed by atoms with Gasteiger partial charge in [-0.2, -0.15) is 0 Å². The van der Waals surface area contributed by atoms with Crippen LogP contribution in [0.2, 0.25) is 0 Å². The van der Waals surface area contributed by atoms with E-state index in [4.69, 9.17) is 0 Å². The highest BCUT2D eigenvalue weighted by Gasteiger charge is 2.57. The number of amides is 2. The van der Waals surface area contributed by atoms with Gasteiger partial charge in [-0.15, -0.1) is 0 Å². The molecule has 6 nitrogen and oxygen atoms in total. The second-order valence-electron chi connectivity index (χ2n) is 8.71. The van der Waals surface area contributed by atoms with Crippen LogP contribution in [0.15, 0.2) is 30.3 Å². The zero-order chi connectivity index (χ0) is 19.2. The second-order valence-corrected chi connectivity index (χ2v) is 8.71. The van der Waals surface area contributed by atoms with Crippen molar-refractivity contribution in [2.24, 2.45) is 5.92 Å². The Hall–Kier alpha value is -1.92. The number of likely N-dealkylation sites (tertiary alicyclic amines) is 1. The molecule has 2 amide bonds. The topological polar surface area (TPSA) is 64.1 Å². The highest BCUT2D eigenvalue weighted by Crippen LogP contribution is 2.39. The number of hydrogen-bond acceptors (Lipinski definition) is 4. The van der Waals surface area contributed by atoms with Gasteiger partial charge in [0, 0.05) is 44.7 Å². The van der Waals surface area contributed by atoms with Crippen molar-refractivity contribution >= 4 is 11.8 Å². The van der Waals surface area contributed by atoms with E-state index in [1.54, 1.807) is 0 Å². The number of hydrogen-bond donors (Lipinski definition) is 1. The molecule has 1 aromatic rings. The van der Waals surface area contributed by atoms with E-state index in [1.165, 1.54) is 0 Å². The standard InChI is InChI=1S/C21H29N3O3/c1-15(2)20(27)22-10-17-9-18(25)11-24(17)21(12-22)13-23(14-21)19(26)8-16-6-4-3-5-7-16/h3-7,15,17-18,25H,8-14H2,1-2H3/t17-,18+/m0/s1. The summed E-state index contributed by atoms with van der Waals surface area (Å²) in [7, 11) is 0. The van der Waals surface area contributed by atoms with Crippen LogP contribution in [0.3, 0.4) is 0 Å². The van der Waals surface area contributed by atoms with Crippen molar-refractivity contribution < 1.29 is 14.7 Å². The molecule has 0 radical (unpaired) electrons. The lowest BCUT2D eigenvalue weighted by Crippen LogP contribution is -2.79. The first-order valence-corrected chi connectivity index (χ1v) is 9.93. The van der Waals surface area contributed by atoms with Crippen LogP contribution in [0.4, 0.5) is 0 Å². The number of carbonyl (C=O) groups excluding carboxylic acids is 2. The van der Waals surface area contributed by atoms with Gasteiger partial charge in [0.2, 0.25) is 11.8 Å². The van der Waals surface area contributed by atoms with E-state index in [9.17, 15) is 14.7 Å². The summed E-state index contributed by atoms with van der Waals surface area (Å²) in [5.41, 5.74) is 0.829. The van der Waals surface area contributed by atoms with Crippen LogP contribution in [0.25, 0.3) is 0 Å². The summed E-state index contributed by atoms with van der Waals surface area (Å²) in [6.45, 7) is 7.14. The molecule has 3 aliphatic rings. The van der Waals surface area contributed by atoms with Crippen molar-refractivity contribution in [1.29, 1.82) is 0 Å². The fourth-order valence-electron chi connectivity index (χ4n) is 4.95. The minimum atomic E-state index is -0.338. The van der Waals surface area contributed by atoms with Crippen LogP contribution in [0.1, 0.15) is 25.8 Å². The van der Waals surface area contributed by atoms with Crippen molar-refractivity contribution in [3.8, 4) is 0 Å². The number of benzene rings is 1. The van der Waals surface area contributed by atoms with E-state index in [1.807, 2.05) is 54.0 Å². The maximum Gasteiger partial charge on any atom is 0.227 e. The quantitative estimate of drug-likeness (QED) is 0.851. The molecule has 2 atom stereocenters. The van der Waals surface area contributed by atoms with Crippen molar-refractivity contribution in [2.75, 3.05) is 32.7 Å². The molecule has 4 rings (SSSR count). The van der Waals surface area contributed by atoms with Gasteiger partial charge >= 0.3 is 0 Å². The third-order valence-electron chi connectivity index (χ3n) is 6.24. The molecule has 0 bridgehead atoms. The lowest BCUT2D eigenvalue weighted by molar-refractivity contribution is -0.162. The number of carbonyl (C=O) groups is 2. The van der Waals surface area contributed by atoms with Crippen LogP contribution in [-0.4, -0.2) is 82.0 Å². The summed E-state index contributed by atoms with van der Waals surface area (Å²) in [5, 5.41) is 10.2. The Labute approximate surface area is 160 Å². The predicted octanol–water partition coefficient (Wildman–Crippen LogP) is 0.744. The van der Waals surface area contributed by atoms with Gasteiger partial charge in [-0.3, -0.25) is 14.5 Å². The number of fused-ring (bicyclic) bond motifs is 2. The zero-order valence-corrected chi connectivity index (χ0v) is 16.2. The summed E-state index contributed by atoms with van der Waals surface area (Å²) in [6, 6.07) is 10.0. The maximum absolute atomic E-state index is 12.7. The first-order chi connectivity index (χ1) is 12.9. The van der Waals surface area contributed by atoms with Gasteiger partial charge < -0.3 is 14.9 Å². The molecule has 146 valence electrons. The van der Waals surface area contributed by atoms with Crippen LogP contribution in [-0.2, 0) is 16.0 Å². The normalized spacial score (nSPS) is 27.0. The molecule has 1 N–H and O–H groups in total. The van der Waals surface area contributed by atoms with Crippen molar-refractivity contribution in [3.63, 3.8) is 0 Å². The summed E-state index contributed by atoms with van der Waals surface area (Å²) in [4.78, 5) is 31.5. The summed E-state index contributed by atoms with van der Waals surface area (Å²) in [6.07, 6.45) is 0.786. The molecule has 0 saturated carbocycles. The number of aliphatic hydroxyl groups is 1. The van der Waals surface area contributed by atoms with Crippen molar-refractivity contribution in [1.82, 2.24) is 14.7 Å². The summed E-state index contributed by atoms with van der Waals surface area (Å²) >= 11 is 0. The number of rotatable bonds is 3. The fraction of sp³-hybridized carbons (Fsp3) is 0.619. The van der Waals surface area contributed by atoms with Gasteiger partial charge in [0.15, 0.2) is 0 Å². The van der Waals surface area contributed by atoms with E-state index >= 15 is 0 Å². The van der Waals surface area contributed by atoms with Gasteiger partial charge in [0.05, 0.1) is 18.1 Å². The van der Waals surface area contributed by atoms with Gasteiger partial charge in [0.1, 0.15) is 0 Å². The molecule has 0 unspecified atom stereocenters. The van der Waals surface area contributed by atoms with E-state index < -0.39 is 0 Å². The highest BCUT2D eigenvalue weighted by atomic mass is 16.3. The van der Waals surface area contributed by atoms with Gasteiger partial charge in [-0.1, -0.05) is 44.2 Å². The minimum absolute atomic E-state index is 0.0316. The third kappa shape index (κ3) is 3.36. The number of nitrogens with zero attached hydrogens (tertiary/aromatic N) is 3. The molecule has 3 saturated heterocycles. The molecule has 0 aliphatic carbocycles. The number of β-amino-alcohol motifs (C(OH)–C–C–N with tert-alkyl or cyclic N) is 1. The van der Waals surface area contributed by atoms with Crippen LogP contribution in [0, 0.1) is 5.92 Å². The summed E-state index contributed by atoms with van der Waals surface area (Å²) in [5.74, 6) is 0.274. The molecule has 3 heterocycles. The Kier molecular flexibility index (Phi) is 4.72. The molecule has 3 aliphatic heterocycles. The first-order valence-electron chi connectivity index (χ1n) is 9.93. The molecule has 1 aromatic carbocycles. The number of piperazine rings is 1. The zero-order valence-electron chi connectivity index (χ0n) is 16.2. The Balaban J connectivity index is 1.46. The maximum atomic E-state index is 12.7. The highest BCUT2D eigenvalue weighted by molar-refractivity contribution is 5.81. The van der Waals surface area contributed by atoms with Gasteiger partial charge in [0.25, 0.3) is 0 Å². The lowest BCUT2D eigenvalue weighted by atomic mass is 9.83. The number of aliphatic hydroxyl groups excluding tert-OH is 1. The average molecular weight is 371 g/mol. The smallest absolute Gasteiger partial charge is 0.227 e. The van der Waals surface area contributed by atoms with E-state index in [-0.39, 0.29) is 35.4 Å². The Morgan fingerprint density at radius 3 is 2.44 bits per heavy atom. The molecule has 27 heavy (non-hydrogen) atoms. The van der Waals surface area contributed by atoms with Crippen LogP contribution < -0.4 is 0 Å². The minimum Gasteiger partial charge on any atom is -0.392 e. The predicted molar refractivity (Wildman–Crippen MR) is 102 cm³/mol. The first kappa shape index (κ1) is 18.4. The SMILES string of the molecule is CC(C)C(=O)N1C[C@@H]2C[C@@H](O)CN2C2(CN(C(=O)Cc3ccccc3)C2)C1. The van der Waals surface area contributed by atoms with Crippen LogP contribution >= 0.6 is 0 Å². The van der Waals surface area contributed by atoms with Crippen molar-refractivity contribution in [3.05, 3.63) is 35.9 Å². The van der Waals surface area contributed by atoms with E-state index in [2.05, 4.69) is 4.90 Å². The largest absolute Gasteiger partial charge is 0.392 e. The molecule has 1 spiro atoms. The second kappa shape index (κ2) is 6.91. The fourth-order valence-corrected chi connectivity index (χ4v) is 4.95.